The Balaban J connectivity index is 1.94. The monoisotopic (exact) mass is 296 g/mol. The van der Waals surface area contributed by atoms with E-state index < -0.39 is 0 Å². The van der Waals surface area contributed by atoms with Crippen LogP contribution >= 0.6 is 11.3 Å². The van der Waals surface area contributed by atoms with Crippen molar-refractivity contribution in [2.24, 2.45) is 0 Å². The van der Waals surface area contributed by atoms with Crippen LogP contribution in [-0.4, -0.2) is 11.5 Å². The third-order valence-electron chi connectivity index (χ3n) is 3.86. The number of rotatable bonds is 5. The molecule has 0 radical (unpaired) electrons. The number of aryl methyl sites for hydroxylation is 1. The molecule has 1 aromatic carbocycles. The first-order chi connectivity index (χ1) is 10.3. The molecule has 108 valence electrons. The van der Waals surface area contributed by atoms with E-state index in [9.17, 15) is 0 Å². The summed E-state index contributed by atoms with van der Waals surface area (Å²) in [6.07, 6.45) is 2.87. The molecule has 0 spiro atoms. The predicted molar refractivity (Wildman–Crippen MR) is 90.9 cm³/mol. The maximum Gasteiger partial charge on any atom is 0.0420 e. The van der Waals surface area contributed by atoms with Gasteiger partial charge in [-0.1, -0.05) is 31.2 Å². The minimum Gasteiger partial charge on any atom is -0.310 e. The summed E-state index contributed by atoms with van der Waals surface area (Å²) < 4.78 is 1.37. The minimum absolute atomic E-state index is 0.321. The Bertz CT molecular complexity index is 733. The number of aromatic nitrogens is 1. The van der Waals surface area contributed by atoms with Crippen LogP contribution in [0, 0.1) is 6.92 Å². The molecule has 0 bridgehead atoms. The lowest BCUT2D eigenvalue weighted by Crippen LogP contribution is -2.23. The summed E-state index contributed by atoms with van der Waals surface area (Å²) >= 11 is 1.83. The smallest absolute Gasteiger partial charge is 0.0420 e. The van der Waals surface area contributed by atoms with Gasteiger partial charge in [-0.25, -0.2) is 0 Å². The van der Waals surface area contributed by atoms with Gasteiger partial charge >= 0.3 is 0 Å². The second kappa shape index (κ2) is 6.37. The van der Waals surface area contributed by atoms with Gasteiger partial charge in [-0.15, -0.1) is 11.3 Å². The fourth-order valence-electron chi connectivity index (χ4n) is 2.81. The molecule has 1 unspecified atom stereocenters. The first kappa shape index (κ1) is 14.2. The van der Waals surface area contributed by atoms with Crippen LogP contribution in [0.25, 0.3) is 10.1 Å². The van der Waals surface area contributed by atoms with Crippen LogP contribution in [0.4, 0.5) is 0 Å². The van der Waals surface area contributed by atoms with Gasteiger partial charge in [-0.05, 0) is 53.9 Å². The summed E-state index contributed by atoms with van der Waals surface area (Å²) in [5.74, 6) is 0. The van der Waals surface area contributed by atoms with Crippen LogP contribution in [0.1, 0.15) is 29.8 Å². The second-order valence-corrected chi connectivity index (χ2v) is 6.16. The molecule has 3 heteroatoms. The van der Waals surface area contributed by atoms with Crippen LogP contribution in [0.15, 0.2) is 48.0 Å². The van der Waals surface area contributed by atoms with Crippen LogP contribution in [0.5, 0.6) is 0 Å². The highest BCUT2D eigenvalue weighted by Crippen LogP contribution is 2.30. The van der Waals surface area contributed by atoms with Crippen molar-refractivity contribution in [1.82, 2.24) is 10.3 Å². The number of pyridine rings is 1. The molecule has 0 saturated heterocycles. The zero-order valence-corrected chi connectivity index (χ0v) is 13.3. The van der Waals surface area contributed by atoms with E-state index in [0.29, 0.717) is 6.04 Å². The fraction of sp³-hybridized carbons (Fsp3) is 0.278. The number of thiophene rings is 1. The van der Waals surface area contributed by atoms with Gasteiger partial charge < -0.3 is 5.32 Å². The van der Waals surface area contributed by atoms with Crippen molar-refractivity contribution >= 4 is 21.4 Å². The van der Waals surface area contributed by atoms with Crippen molar-refractivity contribution in [1.29, 1.82) is 0 Å². The standard InChI is InChI=1S/C18H20N2S/c1-3-19-17(15-8-6-10-20-13(15)2)11-14-12-21-18-9-5-4-7-16(14)18/h4-10,12,17,19H,3,11H2,1-2H3. The van der Waals surface area contributed by atoms with Crippen molar-refractivity contribution in [2.75, 3.05) is 6.54 Å². The molecule has 3 rings (SSSR count). The van der Waals surface area contributed by atoms with Crippen LogP contribution in [0.2, 0.25) is 0 Å². The van der Waals surface area contributed by atoms with Gasteiger partial charge in [0, 0.05) is 22.6 Å². The lowest BCUT2D eigenvalue weighted by molar-refractivity contribution is 0.547. The van der Waals surface area contributed by atoms with Crippen LogP contribution < -0.4 is 5.32 Å². The molecule has 0 aliphatic rings. The van der Waals surface area contributed by atoms with Crippen molar-refractivity contribution in [3.05, 3.63) is 64.8 Å². The number of benzene rings is 1. The number of nitrogens with zero attached hydrogens (tertiary/aromatic N) is 1. The second-order valence-electron chi connectivity index (χ2n) is 5.25. The lowest BCUT2D eigenvalue weighted by Gasteiger charge is -2.19. The predicted octanol–water partition coefficient (Wildman–Crippen LogP) is 4.50. The SMILES string of the molecule is CCNC(Cc1csc2ccccc12)c1cccnc1C. The number of hydrogen-bond donors (Lipinski definition) is 1. The molecule has 3 aromatic rings. The Morgan fingerprint density at radius 1 is 1.19 bits per heavy atom. The number of nitrogens with one attached hydrogen (secondary N) is 1. The molecule has 2 heterocycles. The van der Waals surface area contributed by atoms with Gasteiger partial charge in [-0.2, -0.15) is 0 Å². The molecular weight excluding hydrogens is 276 g/mol. The van der Waals surface area contributed by atoms with E-state index in [1.54, 1.807) is 0 Å². The number of fused-ring (bicyclic) bond motifs is 1. The summed E-state index contributed by atoms with van der Waals surface area (Å²) in [4.78, 5) is 4.44. The average Bonchev–Trinajstić information content (AvgIpc) is 2.91. The topological polar surface area (TPSA) is 24.9 Å². The van der Waals surface area contributed by atoms with Crippen molar-refractivity contribution in [2.45, 2.75) is 26.3 Å². The molecule has 1 atom stereocenters. The molecule has 0 aliphatic heterocycles. The third-order valence-corrected chi connectivity index (χ3v) is 4.87. The Labute approximate surface area is 129 Å². The number of hydrogen-bond acceptors (Lipinski definition) is 3. The molecule has 0 amide bonds. The maximum atomic E-state index is 4.44. The Hall–Kier alpha value is -1.71. The summed E-state index contributed by atoms with van der Waals surface area (Å²) in [6.45, 7) is 5.21. The molecule has 1 N–H and O–H groups in total. The molecule has 0 aliphatic carbocycles. The van der Waals surface area contributed by atoms with E-state index in [4.69, 9.17) is 0 Å². The number of likely N-dealkylation sites (N-methyl/N-ethyl adjacent to an activating group) is 1. The highest BCUT2D eigenvalue weighted by atomic mass is 32.1. The van der Waals surface area contributed by atoms with Gasteiger partial charge in [-0.3, -0.25) is 4.98 Å². The fourth-order valence-corrected chi connectivity index (χ4v) is 3.79. The van der Waals surface area contributed by atoms with Crippen molar-refractivity contribution in [3.63, 3.8) is 0 Å². The first-order valence-electron chi connectivity index (χ1n) is 7.39. The van der Waals surface area contributed by atoms with Gasteiger partial charge in [0.25, 0.3) is 0 Å². The minimum atomic E-state index is 0.321. The molecule has 2 aromatic heterocycles. The Morgan fingerprint density at radius 2 is 2.05 bits per heavy atom. The summed E-state index contributed by atoms with van der Waals surface area (Å²) in [6, 6.07) is 13.2. The highest BCUT2D eigenvalue weighted by molar-refractivity contribution is 7.17. The first-order valence-corrected chi connectivity index (χ1v) is 8.27. The van der Waals surface area contributed by atoms with E-state index in [1.165, 1.54) is 21.2 Å². The average molecular weight is 296 g/mol. The van der Waals surface area contributed by atoms with E-state index >= 15 is 0 Å². The lowest BCUT2D eigenvalue weighted by atomic mass is 9.97. The zero-order chi connectivity index (χ0) is 14.7. The Kier molecular flexibility index (Phi) is 4.32. The summed E-state index contributed by atoms with van der Waals surface area (Å²) in [5.41, 5.74) is 3.84. The molecule has 21 heavy (non-hydrogen) atoms. The van der Waals surface area contributed by atoms with Crippen molar-refractivity contribution in [3.8, 4) is 0 Å². The van der Waals surface area contributed by atoms with Crippen LogP contribution in [0.3, 0.4) is 0 Å². The normalized spacial score (nSPS) is 12.7. The quantitative estimate of drug-likeness (QED) is 0.750. The van der Waals surface area contributed by atoms with Crippen LogP contribution in [-0.2, 0) is 6.42 Å². The van der Waals surface area contributed by atoms with E-state index in [1.807, 2.05) is 23.6 Å². The van der Waals surface area contributed by atoms with Gasteiger partial charge in [0.1, 0.15) is 0 Å². The summed E-state index contributed by atoms with van der Waals surface area (Å²) in [7, 11) is 0. The highest BCUT2D eigenvalue weighted by Gasteiger charge is 2.16. The third kappa shape index (κ3) is 2.99. The molecule has 0 saturated carbocycles. The van der Waals surface area contributed by atoms with E-state index in [-0.39, 0.29) is 0 Å². The molecule has 0 fully saturated rings. The zero-order valence-electron chi connectivity index (χ0n) is 12.5. The van der Waals surface area contributed by atoms with Crippen molar-refractivity contribution < 1.29 is 0 Å². The van der Waals surface area contributed by atoms with E-state index in [0.717, 1.165) is 18.7 Å². The van der Waals surface area contributed by atoms with Gasteiger partial charge in [0.2, 0.25) is 0 Å². The Morgan fingerprint density at radius 3 is 2.86 bits per heavy atom. The van der Waals surface area contributed by atoms with Gasteiger partial charge in [0.05, 0.1) is 0 Å². The van der Waals surface area contributed by atoms with Gasteiger partial charge in [0.15, 0.2) is 0 Å². The largest absolute Gasteiger partial charge is 0.310 e. The molecule has 2 nitrogen and oxygen atoms in total. The summed E-state index contributed by atoms with van der Waals surface area (Å²) in [5, 5.41) is 7.28. The molecular formula is C18H20N2S. The maximum absolute atomic E-state index is 4.44. The van der Waals surface area contributed by atoms with E-state index in [2.05, 4.69) is 59.9 Å².